The van der Waals surface area contributed by atoms with Crippen LogP contribution in [0.5, 0.6) is 0 Å². The molecule has 3 aromatic heterocycles. The van der Waals surface area contributed by atoms with Gasteiger partial charge in [-0.05, 0) is 18.4 Å². The Bertz CT molecular complexity index is 1500. The molecule has 4 heterocycles. The minimum Gasteiger partial charge on any atom is -0.341 e. The van der Waals surface area contributed by atoms with E-state index in [4.69, 9.17) is 9.97 Å². The minimum absolute atomic E-state index is 0.166. The van der Waals surface area contributed by atoms with E-state index < -0.39 is 5.92 Å². The number of nitrogens with one attached hydrogen (secondary N) is 1. The lowest BCUT2D eigenvalue weighted by Crippen LogP contribution is -2.43. The Kier molecular flexibility index (Phi) is 5.10. The summed E-state index contributed by atoms with van der Waals surface area (Å²) in [6.07, 6.45) is 3.42. The average molecular weight is 492 g/mol. The summed E-state index contributed by atoms with van der Waals surface area (Å²) in [5.74, 6) is -2.23. The monoisotopic (exact) mass is 491 g/mol. The fourth-order valence-corrected chi connectivity index (χ4v) is 5.47. The van der Waals surface area contributed by atoms with Gasteiger partial charge in [-0.2, -0.15) is 5.10 Å². The lowest BCUT2D eigenvalue weighted by atomic mass is 9.80. The second kappa shape index (κ2) is 8.11. The van der Waals surface area contributed by atoms with Crippen LogP contribution in [-0.4, -0.2) is 54.8 Å². The number of aromatic nitrogens is 5. The Morgan fingerprint density at radius 2 is 2.00 bits per heavy atom. The number of fused-ring (bicyclic) bond motifs is 2. The molecule has 2 amide bonds. The molecule has 1 aromatic carbocycles. The Hall–Kier alpha value is -3.82. The third kappa shape index (κ3) is 3.63. The molecule has 6 rings (SSSR count). The fraction of sp³-hybridized carbons (Fsp3) is 0.385. The highest BCUT2D eigenvalue weighted by atomic mass is 19.3. The number of hydrogen-bond acceptors (Lipinski definition) is 4. The molecule has 4 aromatic rings. The summed E-state index contributed by atoms with van der Waals surface area (Å²) in [6, 6.07) is 7.86. The van der Waals surface area contributed by atoms with Crippen molar-refractivity contribution in [2.24, 2.45) is 7.05 Å². The maximum Gasteiger partial charge on any atom is 0.317 e. The smallest absolute Gasteiger partial charge is 0.317 e. The number of imidazole rings is 1. The summed E-state index contributed by atoms with van der Waals surface area (Å²) in [6.45, 7) is 3.35. The number of carbonyl (C=O) groups is 1. The normalized spacial score (nSPS) is 17.2. The largest absolute Gasteiger partial charge is 0.341 e. The van der Waals surface area contributed by atoms with Crippen molar-refractivity contribution >= 4 is 16.8 Å². The second-order valence-electron chi connectivity index (χ2n) is 9.75. The first-order valence-corrected chi connectivity index (χ1v) is 12.1. The van der Waals surface area contributed by atoms with E-state index in [0.717, 1.165) is 44.7 Å². The van der Waals surface area contributed by atoms with Crippen LogP contribution in [0.3, 0.4) is 0 Å². The predicted molar refractivity (Wildman–Crippen MR) is 132 cm³/mol. The Labute approximate surface area is 206 Å². The molecule has 0 saturated heterocycles. The molecule has 2 aliphatic rings. The van der Waals surface area contributed by atoms with E-state index in [1.165, 1.54) is 0 Å². The van der Waals surface area contributed by atoms with Gasteiger partial charge in [-0.25, -0.2) is 18.6 Å². The minimum atomic E-state index is -2.63. The molecule has 1 aliphatic heterocycles. The van der Waals surface area contributed by atoms with Crippen molar-refractivity contribution in [3.05, 3.63) is 53.9 Å². The fourth-order valence-electron chi connectivity index (χ4n) is 5.47. The molecular formula is C26H27F2N7O. The summed E-state index contributed by atoms with van der Waals surface area (Å²) in [5.41, 5.74) is 5.19. The molecule has 1 fully saturated rings. The number of carbonyl (C=O) groups excluding carboxylic acids is 1. The van der Waals surface area contributed by atoms with E-state index in [1.54, 1.807) is 16.6 Å². The number of aryl methyl sites for hydroxylation is 2. The van der Waals surface area contributed by atoms with Gasteiger partial charge in [0.15, 0.2) is 0 Å². The number of benzene rings is 1. The Morgan fingerprint density at radius 3 is 2.69 bits per heavy atom. The van der Waals surface area contributed by atoms with E-state index in [1.807, 2.05) is 55.2 Å². The highest BCUT2D eigenvalue weighted by molar-refractivity contribution is 5.97. The van der Waals surface area contributed by atoms with Crippen LogP contribution in [0.15, 0.2) is 36.7 Å². The molecule has 1 saturated carbocycles. The first-order valence-electron chi connectivity index (χ1n) is 12.1. The average Bonchev–Trinajstić information content (AvgIpc) is 3.39. The summed E-state index contributed by atoms with van der Waals surface area (Å²) in [4.78, 5) is 23.8. The highest BCUT2D eigenvalue weighted by Gasteiger charge is 2.48. The van der Waals surface area contributed by atoms with Crippen LogP contribution < -0.4 is 5.32 Å². The second-order valence-corrected chi connectivity index (χ2v) is 9.75. The summed E-state index contributed by atoms with van der Waals surface area (Å²) >= 11 is 0. The topological polar surface area (TPSA) is 80.9 Å². The number of halogens is 2. The standard InChI is InChI=1S/C26H27F2N7O/c1-15-20(13-33(3)32-15)21-9-16-5-4-6-18(19(16)12-30-21)23-22-14-34(25(36)29-2)7-8-35(22)24(31-23)17-10-26(27,28)11-17/h4-6,9,12-13,17H,7-8,10-11,14H2,1-3H3,(H,29,36). The highest BCUT2D eigenvalue weighted by Crippen LogP contribution is 2.49. The molecule has 0 atom stereocenters. The molecule has 10 heteroatoms. The molecule has 0 unspecified atom stereocenters. The third-order valence-electron chi connectivity index (χ3n) is 7.30. The van der Waals surface area contributed by atoms with Crippen molar-refractivity contribution in [2.45, 2.75) is 44.7 Å². The number of hydrogen-bond donors (Lipinski definition) is 1. The SMILES string of the molecule is CNC(=O)N1CCn2c(C3CC(F)(F)C3)nc(-c3cccc4cc(-c5cn(C)nc5C)ncc34)c2C1. The molecule has 0 radical (unpaired) electrons. The van der Waals surface area contributed by atoms with Crippen molar-refractivity contribution in [1.82, 2.24) is 34.5 Å². The number of urea groups is 1. The van der Waals surface area contributed by atoms with Crippen LogP contribution >= 0.6 is 0 Å². The first kappa shape index (κ1) is 22.6. The zero-order valence-corrected chi connectivity index (χ0v) is 20.4. The predicted octanol–water partition coefficient (Wildman–Crippen LogP) is 4.47. The maximum absolute atomic E-state index is 13.8. The van der Waals surface area contributed by atoms with Gasteiger partial charge in [0.1, 0.15) is 5.82 Å². The van der Waals surface area contributed by atoms with Gasteiger partial charge in [-0.3, -0.25) is 9.67 Å². The van der Waals surface area contributed by atoms with Crippen LogP contribution in [0, 0.1) is 6.92 Å². The number of rotatable bonds is 3. The zero-order valence-electron chi connectivity index (χ0n) is 20.4. The first-order chi connectivity index (χ1) is 17.2. The lowest BCUT2D eigenvalue weighted by Gasteiger charge is -2.36. The quantitative estimate of drug-likeness (QED) is 0.458. The van der Waals surface area contributed by atoms with Gasteiger partial charge < -0.3 is 14.8 Å². The zero-order chi connectivity index (χ0) is 25.2. The number of alkyl halides is 2. The number of nitrogens with zero attached hydrogens (tertiary/aromatic N) is 6. The molecule has 1 N–H and O–H groups in total. The van der Waals surface area contributed by atoms with Gasteiger partial charge >= 0.3 is 6.03 Å². The van der Waals surface area contributed by atoms with Gasteiger partial charge in [-0.1, -0.05) is 18.2 Å². The van der Waals surface area contributed by atoms with Gasteiger partial charge in [-0.15, -0.1) is 0 Å². The van der Waals surface area contributed by atoms with Crippen molar-refractivity contribution < 1.29 is 13.6 Å². The van der Waals surface area contributed by atoms with Crippen molar-refractivity contribution in [2.75, 3.05) is 13.6 Å². The van der Waals surface area contributed by atoms with E-state index >= 15 is 0 Å². The Morgan fingerprint density at radius 1 is 1.19 bits per heavy atom. The van der Waals surface area contributed by atoms with Crippen LogP contribution in [-0.2, 0) is 20.1 Å². The van der Waals surface area contributed by atoms with Crippen molar-refractivity contribution in [3.63, 3.8) is 0 Å². The van der Waals surface area contributed by atoms with Crippen molar-refractivity contribution in [3.8, 4) is 22.5 Å². The molecular weight excluding hydrogens is 464 g/mol. The van der Waals surface area contributed by atoms with Gasteiger partial charge in [0, 0.05) is 74.9 Å². The van der Waals surface area contributed by atoms with Crippen LogP contribution in [0.4, 0.5) is 13.6 Å². The van der Waals surface area contributed by atoms with E-state index in [0.29, 0.717) is 25.5 Å². The van der Waals surface area contributed by atoms with Crippen molar-refractivity contribution in [1.29, 1.82) is 0 Å². The number of amides is 2. The molecule has 186 valence electrons. The molecule has 36 heavy (non-hydrogen) atoms. The van der Waals surface area contributed by atoms with Crippen LogP contribution in [0.2, 0.25) is 0 Å². The summed E-state index contributed by atoms with van der Waals surface area (Å²) in [5, 5.41) is 9.03. The lowest BCUT2D eigenvalue weighted by molar-refractivity contribution is -0.0892. The summed E-state index contributed by atoms with van der Waals surface area (Å²) in [7, 11) is 3.49. The molecule has 8 nitrogen and oxygen atoms in total. The molecule has 0 spiro atoms. The third-order valence-corrected chi connectivity index (χ3v) is 7.30. The van der Waals surface area contributed by atoms with E-state index in [-0.39, 0.29) is 24.8 Å². The van der Waals surface area contributed by atoms with Gasteiger partial charge in [0.05, 0.1) is 29.3 Å². The van der Waals surface area contributed by atoms with E-state index in [2.05, 4.69) is 10.4 Å². The van der Waals surface area contributed by atoms with Gasteiger partial charge in [0.25, 0.3) is 0 Å². The molecule has 0 bridgehead atoms. The molecule has 1 aliphatic carbocycles. The summed E-state index contributed by atoms with van der Waals surface area (Å²) < 4.78 is 31.3. The van der Waals surface area contributed by atoms with Crippen LogP contribution in [0.1, 0.15) is 36.0 Å². The number of pyridine rings is 1. The van der Waals surface area contributed by atoms with Gasteiger partial charge in [0.2, 0.25) is 5.92 Å². The maximum atomic E-state index is 13.8. The van der Waals surface area contributed by atoms with E-state index in [9.17, 15) is 13.6 Å². The Balaban J connectivity index is 1.47. The van der Waals surface area contributed by atoms with Crippen LogP contribution in [0.25, 0.3) is 33.3 Å².